The zero-order chi connectivity index (χ0) is 10.9. The molecule has 84 valence electrons. The van der Waals surface area contributed by atoms with Gasteiger partial charge in [0.2, 0.25) is 0 Å². The quantitative estimate of drug-likeness (QED) is 0.753. The van der Waals surface area contributed by atoms with E-state index in [0.717, 1.165) is 12.8 Å². The maximum atomic E-state index is 10.9. The summed E-state index contributed by atoms with van der Waals surface area (Å²) in [7, 11) is 0. The monoisotopic (exact) mass is 211 g/mol. The van der Waals surface area contributed by atoms with Crippen LogP contribution in [-0.4, -0.2) is 16.7 Å². The highest BCUT2D eigenvalue weighted by molar-refractivity contribution is 5.21. The van der Waals surface area contributed by atoms with Crippen LogP contribution in [0.5, 0.6) is 0 Å². The van der Waals surface area contributed by atoms with E-state index in [9.17, 15) is 4.79 Å². The summed E-state index contributed by atoms with van der Waals surface area (Å²) in [5, 5.41) is 3.76. The van der Waals surface area contributed by atoms with Gasteiger partial charge in [0, 0.05) is 12.0 Å². The first-order valence-corrected chi connectivity index (χ1v) is 5.49. The number of unbranched alkanes of at least 4 members (excludes halogenated alkanes) is 1. The first kappa shape index (κ1) is 10.4. The van der Waals surface area contributed by atoms with Gasteiger partial charge in [-0.15, -0.1) is 0 Å². The Morgan fingerprint density at radius 3 is 3.07 bits per heavy atom. The van der Waals surface area contributed by atoms with Crippen molar-refractivity contribution < 1.29 is 4.52 Å². The van der Waals surface area contributed by atoms with Gasteiger partial charge >= 0.3 is 5.76 Å². The maximum Gasteiger partial charge on any atom is 0.438 e. The average molecular weight is 211 g/mol. The van der Waals surface area contributed by atoms with Crippen molar-refractivity contribution >= 4 is 0 Å². The lowest BCUT2D eigenvalue weighted by molar-refractivity contribution is 0.372. The fourth-order valence-electron chi connectivity index (χ4n) is 2.29. The van der Waals surface area contributed by atoms with E-state index in [1.807, 2.05) is 0 Å². The number of nitrogens with two attached hydrogens (primary N) is 1. The maximum absolute atomic E-state index is 10.9. The second kappa shape index (κ2) is 3.81. The standard InChI is InChI=1S/C10H17N3O2/c1-2-3-4-7-5-10(7,6-11)8-12-9(14)15-13-8/h7H,2-6,11H2,1H3,(H,12,13,14). The van der Waals surface area contributed by atoms with E-state index in [-0.39, 0.29) is 5.41 Å². The molecule has 0 saturated heterocycles. The second-order valence-electron chi connectivity index (χ2n) is 4.35. The summed E-state index contributed by atoms with van der Waals surface area (Å²) in [5.74, 6) is 0.707. The summed E-state index contributed by atoms with van der Waals surface area (Å²) in [6.07, 6.45) is 4.57. The Labute approximate surface area is 88.0 Å². The van der Waals surface area contributed by atoms with Crippen molar-refractivity contribution in [1.82, 2.24) is 10.1 Å². The molecule has 1 aromatic rings. The van der Waals surface area contributed by atoms with Crippen molar-refractivity contribution in [1.29, 1.82) is 0 Å². The smallest absolute Gasteiger partial charge is 0.329 e. The van der Waals surface area contributed by atoms with Crippen LogP contribution in [0.2, 0.25) is 0 Å². The fourth-order valence-corrected chi connectivity index (χ4v) is 2.29. The van der Waals surface area contributed by atoms with Gasteiger partial charge in [-0.3, -0.25) is 9.51 Å². The van der Waals surface area contributed by atoms with E-state index in [1.54, 1.807) is 0 Å². The Morgan fingerprint density at radius 1 is 1.73 bits per heavy atom. The fraction of sp³-hybridized carbons (Fsp3) is 0.800. The number of rotatable bonds is 5. The Morgan fingerprint density at radius 2 is 2.53 bits per heavy atom. The van der Waals surface area contributed by atoms with E-state index in [4.69, 9.17) is 5.73 Å². The minimum atomic E-state index is -0.487. The molecule has 1 aliphatic carbocycles. The van der Waals surface area contributed by atoms with Crippen molar-refractivity contribution in [2.45, 2.75) is 38.0 Å². The number of hydrogen-bond acceptors (Lipinski definition) is 4. The number of aromatic amines is 1. The van der Waals surface area contributed by atoms with Crippen molar-refractivity contribution in [3.63, 3.8) is 0 Å². The van der Waals surface area contributed by atoms with Crippen LogP contribution in [0.3, 0.4) is 0 Å². The van der Waals surface area contributed by atoms with Crippen molar-refractivity contribution in [3.8, 4) is 0 Å². The number of nitrogens with zero attached hydrogens (tertiary/aromatic N) is 1. The molecule has 0 spiro atoms. The summed E-state index contributed by atoms with van der Waals surface area (Å²) in [6, 6.07) is 0. The van der Waals surface area contributed by atoms with Crippen LogP contribution in [0.1, 0.15) is 38.4 Å². The molecular weight excluding hydrogens is 194 g/mol. The molecular formula is C10H17N3O2. The molecule has 0 radical (unpaired) electrons. The highest BCUT2D eigenvalue weighted by Gasteiger charge is 2.56. The number of nitrogens with one attached hydrogen (secondary N) is 1. The summed E-state index contributed by atoms with van der Waals surface area (Å²) in [6.45, 7) is 2.70. The predicted molar refractivity (Wildman–Crippen MR) is 55.5 cm³/mol. The van der Waals surface area contributed by atoms with E-state index in [1.165, 1.54) is 12.8 Å². The molecule has 0 aromatic carbocycles. The van der Waals surface area contributed by atoms with Crippen LogP contribution >= 0.6 is 0 Å². The second-order valence-corrected chi connectivity index (χ2v) is 4.35. The summed E-state index contributed by atoms with van der Waals surface area (Å²) in [5.41, 5.74) is 5.66. The third kappa shape index (κ3) is 1.71. The largest absolute Gasteiger partial charge is 0.438 e. The molecule has 15 heavy (non-hydrogen) atoms. The lowest BCUT2D eigenvalue weighted by atomic mass is 10.00. The SMILES string of the molecule is CCCCC1CC1(CN)c1noc(=O)[nH]1. The molecule has 2 rings (SSSR count). The summed E-state index contributed by atoms with van der Waals surface area (Å²) < 4.78 is 4.53. The van der Waals surface area contributed by atoms with Gasteiger partial charge in [0.25, 0.3) is 0 Å². The van der Waals surface area contributed by atoms with E-state index >= 15 is 0 Å². The third-order valence-electron chi connectivity index (χ3n) is 3.41. The third-order valence-corrected chi connectivity index (χ3v) is 3.41. The molecule has 0 bridgehead atoms. The normalized spacial score (nSPS) is 29.3. The van der Waals surface area contributed by atoms with Gasteiger partial charge in [0.05, 0.1) is 0 Å². The number of aromatic nitrogens is 2. The predicted octanol–water partition coefficient (Wildman–Crippen LogP) is 0.770. The van der Waals surface area contributed by atoms with Gasteiger partial charge in [-0.05, 0) is 18.8 Å². The van der Waals surface area contributed by atoms with E-state index in [0.29, 0.717) is 18.3 Å². The van der Waals surface area contributed by atoms with Crippen LogP contribution in [0, 0.1) is 5.92 Å². The van der Waals surface area contributed by atoms with Crippen LogP contribution in [-0.2, 0) is 5.41 Å². The van der Waals surface area contributed by atoms with Gasteiger partial charge in [-0.1, -0.05) is 24.9 Å². The van der Waals surface area contributed by atoms with E-state index < -0.39 is 5.76 Å². The van der Waals surface area contributed by atoms with Gasteiger partial charge in [-0.25, -0.2) is 4.79 Å². The Kier molecular flexibility index (Phi) is 2.65. The average Bonchev–Trinajstić information content (AvgIpc) is 2.81. The van der Waals surface area contributed by atoms with Crippen LogP contribution in [0.25, 0.3) is 0 Å². The zero-order valence-corrected chi connectivity index (χ0v) is 8.95. The Bertz CT molecular complexity index is 384. The highest BCUT2D eigenvalue weighted by atomic mass is 16.5. The van der Waals surface area contributed by atoms with Crippen LogP contribution < -0.4 is 11.5 Å². The lowest BCUT2D eigenvalue weighted by Gasteiger charge is -2.09. The van der Waals surface area contributed by atoms with Crippen molar-refractivity contribution in [3.05, 3.63) is 16.4 Å². The molecule has 1 saturated carbocycles. The number of hydrogen-bond donors (Lipinski definition) is 2. The van der Waals surface area contributed by atoms with Gasteiger partial charge in [-0.2, -0.15) is 0 Å². The van der Waals surface area contributed by atoms with E-state index in [2.05, 4.69) is 21.6 Å². The molecule has 2 unspecified atom stereocenters. The topological polar surface area (TPSA) is 84.9 Å². The molecule has 0 aliphatic heterocycles. The number of H-pyrrole nitrogens is 1. The zero-order valence-electron chi connectivity index (χ0n) is 8.95. The molecule has 1 aromatic heterocycles. The Hall–Kier alpha value is -1.10. The van der Waals surface area contributed by atoms with Crippen LogP contribution in [0.4, 0.5) is 0 Å². The molecule has 2 atom stereocenters. The first-order chi connectivity index (χ1) is 7.23. The minimum Gasteiger partial charge on any atom is -0.329 e. The van der Waals surface area contributed by atoms with Gasteiger partial charge < -0.3 is 5.73 Å². The van der Waals surface area contributed by atoms with Gasteiger partial charge in [0.1, 0.15) is 0 Å². The lowest BCUT2D eigenvalue weighted by Crippen LogP contribution is -2.24. The molecule has 5 heteroatoms. The molecule has 0 amide bonds. The van der Waals surface area contributed by atoms with Crippen molar-refractivity contribution in [2.75, 3.05) is 6.54 Å². The molecule has 3 N–H and O–H groups in total. The summed E-state index contributed by atoms with van der Waals surface area (Å²) >= 11 is 0. The molecule has 5 nitrogen and oxygen atoms in total. The van der Waals surface area contributed by atoms with Crippen LogP contribution in [0.15, 0.2) is 9.32 Å². The first-order valence-electron chi connectivity index (χ1n) is 5.49. The highest BCUT2D eigenvalue weighted by Crippen LogP contribution is 2.54. The van der Waals surface area contributed by atoms with Crippen molar-refractivity contribution in [2.24, 2.45) is 11.7 Å². The summed E-state index contributed by atoms with van der Waals surface area (Å²) in [4.78, 5) is 13.5. The Balaban J connectivity index is 2.09. The molecule has 1 aliphatic rings. The van der Waals surface area contributed by atoms with Gasteiger partial charge in [0.15, 0.2) is 5.82 Å². The molecule has 1 heterocycles. The minimum absolute atomic E-state index is 0.110. The molecule has 1 fully saturated rings.